The van der Waals surface area contributed by atoms with E-state index < -0.39 is 21.2 Å². The largest absolute Gasteiger partial charge is 0.392 e. The van der Waals surface area contributed by atoms with Crippen molar-refractivity contribution in [3.05, 3.63) is 29.8 Å². The Kier molecular flexibility index (Phi) is 5.41. The Morgan fingerprint density at radius 2 is 1.86 bits per heavy atom. The molecule has 2 N–H and O–H groups in total. The van der Waals surface area contributed by atoms with Crippen LogP contribution in [-0.2, 0) is 9.84 Å². The lowest BCUT2D eigenvalue weighted by molar-refractivity contribution is 0.181. The van der Waals surface area contributed by atoms with Crippen molar-refractivity contribution in [3.8, 4) is 0 Å². The zero-order valence-electron chi connectivity index (χ0n) is 12.7. The third-order valence-corrected chi connectivity index (χ3v) is 6.42. The summed E-state index contributed by atoms with van der Waals surface area (Å²) in [5.74, 6) is 0. The van der Waals surface area contributed by atoms with Crippen LogP contribution in [0.2, 0.25) is 0 Å². The van der Waals surface area contributed by atoms with Gasteiger partial charge in [0.2, 0.25) is 0 Å². The lowest BCUT2D eigenvalue weighted by atomic mass is 9.95. The SMILES string of the molecule is Cc1ccc(S(=O)(=O)[C@H]2CCCC[C@H]2NC[C@@H](C)O)cc1. The van der Waals surface area contributed by atoms with Gasteiger partial charge in [-0.05, 0) is 38.8 Å². The molecule has 4 nitrogen and oxygen atoms in total. The third kappa shape index (κ3) is 4.05. The molecule has 0 unspecified atom stereocenters. The van der Waals surface area contributed by atoms with Crippen LogP contribution in [0.1, 0.15) is 38.2 Å². The van der Waals surface area contributed by atoms with Gasteiger partial charge in [0.1, 0.15) is 0 Å². The van der Waals surface area contributed by atoms with Crippen LogP contribution in [0.25, 0.3) is 0 Å². The molecular weight excluding hydrogens is 286 g/mol. The molecule has 0 aliphatic heterocycles. The van der Waals surface area contributed by atoms with Gasteiger partial charge in [-0.3, -0.25) is 0 Å². The van der Waals surface area contributed by atoms with E-state index in [0.717, 1.165) is 24.8 Å². The zero-order chi connectivity index (χ0) is 15.5. The van der Waals surface area contributed by atoms with Crippen molar-refractivity contribution in [1.29, 1.82) is 0 Å². The number of hydrogen-bond acceptors (Lipinski definition) is 4. The molecule has 0 heterocycles. The smallest absolute Gasteiger partial charge is 0.182 e. The van der Waals surface area contributed by atoms with Crippen molar-refractivity contribution in [2.24, 2.45) is 0 Å². The molecule has 1 saturated carbocycles. The van der Waals surface area contributed by atoms with Gasteiger partial charge in [-0.15, -0.1) is 0 Å². The van der Waals surface area contributed by atoms with Crippen molar-refractivity contribution < 1.29 is 13.5 Å². The number of rotatable bonds is 5. The standard InChI is InChI=1S/C16H25NO3S/c1-12-7-9-14(10-8-12)21(19,20)16-6-4-3-5-15(16)17-11-13(2)18/h7-10,13,15-18H,3-6,11H2,1-2H3/t13-,15-,16+/m1/s1. The molecule has 1 aliphatic carbocycles. The molecule has 0 amide bonds. The molecule has 118 valence electrons. The molecule has 0 spiro atoms. The predicted octanol–water partition coefficient (Wildman–Crippen LogP) is 2.05. The van der Waals surface area contributed by atoms with Gasteiger partial charge in [0.15, 0.2) is 9.84 Å². The highest BCUT2D eigenvalue weighted by Crippen LogP contribution is 2.29. The average molecular weight is 311 g/mol. The molecule has 1 aromatic carbocycles. The number of hydrogen-bond donors (Lipinski definition) is 2. The quantitative estimate of drug-likeness (QED) is 0.873. The fourth-order valence-electron chi connectivity index (χ4n) is 2.93. The summed E-state index contributed by atoms with van der Waals surface area (Å²) in [4.78, 5) is 0.406. The maximum absolute atomic E-state index is 12.9. The molecule has 2 rings (SSSR count). The lowest BCUT2D eigenvalue weighted by Gasteiger charge is -2.32. The van der Waals surface area contributed by atoms with Crippen LogP contribution >= 0.6 is 0 Å². The van der Waals surface area contributed by atoms with Crippen LogP contribution in [0.3, 0.4) is 0 Å². The molecule has 0 aromatic heterocycles. The van der Waals surface area contributed by atoms with Crippen molar-refractivity contribution in [1.82, 2.24) is 5.32 Å². The second kappa shape index (κ2) is 6.90. The van der Waals surface area contributed by atoms with Crippen LogP contribution in [0.4, 0.5) is 0 Å². The molecule has 3 atom stereocenters. The van der Waals surface area contributed by atoms with E-state index in [1.54, 1.807) is 19.1 Å². The van der Waals surface area contributed by atoms with Crippen molar-refractivity contribution in [3.63, 3.8) is 0 Å². The number of nitrogens with one attached hydrogen (secondary N) is 1. The molecule has 0 radical (unpaired) electrons. The molecule has 1 aliphatic rings. The highest BCUT2D eigenvalue weighted by molar-refractivity contribution is 7.92. The monoisotopic (exact) mass is 311 g/mol. The second-order valence-corrected chi connectivity index (χ2v) is 8.21. The summed E-state index contributed by atoms with van der Waals surface area (Å²) >= 11 is 0. The zero-order valence-corrected chi connectivity index (χ0v) is 13.6. The van der Waals surface area contributed by atoms with E-state index in [4.69, 9.17) is 0 Å². The van der Waals surface area contributed by atoms with E-state index in [1.165, 1.54) is 0 Å². The van der Waals surface area contributed by atoms with Crippen LogP contribution in [0.15, 0.2) is 29.2 Å². The molecule has 21 heavy (non-hydrogen) atoms. The van der Waals surface area contributed by atoms with Gasteiger partial charge in [-0.25, -0.2) is 8.42 Å². The first-order valence-electron chi connectivity index (χ1n) is 7.63. The maximum atomic E-state index is 12.9. The second-order valence-electron chi connectivity index (χ2n) is 6.04. The van der Waals surface area contributed by atoms with E-state index in [1.807, 2.05) is 19.1 Å². The Bertz CT molecular complexity index is 551. The van der Waals surface area contributed by atoms with E-state index >= 15 is 0 Å². The first kappa shape index (κ1) is 16.5. The Labute approximate surface area is 127 Å². The topological polar surface area (TPSA) is 66.4 Å². The fourth-order valence-corrected chi connectivity index (χ4v) is 4.93. The van der Waals surface area contributed by atoms with Gasteiger partial charge in [0, 0.05) is 12.6 Å². The molecule has 1 fully saturated rings. The molecule has 0 bridgehead atoms. The number of aryl methyl sites for hydroxylation is 1. The first-order valence-corrected chi connectivity index (χ1v) is 9.18. The van der Waals surface area contributed by atoms with Gasteiger partial charge in [0.05, 0.1) is 16.2 Å². The first-order chi connectivity index (χ1) is 9.91. The van der Waals surface area contributed by atoms with E-state index in [-0.39, 0.29) is 6.04 Å². The Morgan fingerprint density at radius 1 is 1.24 bits per heavy atom. The van der Waals surface area contributed by atoms with E-state index in [9.17, 15) is 13.5 Å². The summed E-state index contributed by atoms with van der Waals surface area (Å²) in [6.45, 7) is 4.09. The summed E-state index contributed by atoms with van der Waals surface area (Å²) in [6.07, 6.45) is 3.06. The van der Waals surface area contributed by atoms with Crippen molar-refractivity contribution in [2.75, 3.05) is 6.54 Å². The van der Waals surface area contributed by atoms with Gasteiger partial charge >= 0.3 is 0 Å². The number of aliphatic hydroxyl groups is 1. The minimum absolute atomic E-state index is 0.0698. The highest BCUT2D eigenvalue weighted by Gasteiger charge is 2.36. The van der Waals surface area contributed by atoms with Gasteiger partial charge in [0.25, 0.3) is 0 Å². The van der Waals surface area contributed by atoms with Crippen LogP contribution in [0.5, 0.6) is 0 Å². The summed E-state index contributed by atoms with van der Waals surface area (Å²) in [5.41, 5.74) is 1.06. The van der Waals surface area contributed by atoms with Gasteiger partial charge in [-0.2, -0.15) is 0 Å². The molecule has 5 heteroatoms. The third-order valence-electron chi connectivity index (χ3n) is 4.13. The fraction of sp³-hybridized carbons (Fsp3) is 0.625. The van der Waals surface area contributed by atoms with Crippen molar-refractivity contribution >= 4 is 9.84 Å². The molecule has 0 saturated heterocycles. The molecular formula is C16H25NO3S. The van der Waals surface area contributed by atoms with Crippen molar-refractivity contribution in [2.45, 2.75) is 61.8 Å². The Hall–Kier alpha value is -0.910. The summed E-state index contributed by atoms with van der Waals surface area (Å²) in [7, 11) is -3.32. The van der Waals surface area contributed by atoms with E-state index in [0.29, 0.717) is 17.9 Å². The number of sulfone groups is 1. The summed E-state index contributed by atoms with van der Waals surface area (Å²) in [6, 6.07) is 7.01. The average Bonchev–Trinajstić information content (AvgIpc) is 2.46. The highest BCUT2D eigenvalue weighted by atomic mass is 32.2. The molecule has 1 aromatic rings. The Balaban J connectivity index is 2.20. The maximum Gasteiger partial charge on any atom is 0.182 e. The van der Waals surface area contributed by atoms with Crippen LogP contribution in [0, 0.1) is 6.92 Å². The normalized spacial score (nSPS) is 24.7. The summed E-state index contributed by atoms with van der Waals surface area (Å²) in [5, 5.41) is 12.2. The minimum atomic E-state index is -3.32. The van der Waals surface area contributed by atoms with E-state index in [2.05, 4.69) is 5.32 Å². The van der Waals surface area contributed by atoms with Crippen LogP contribution in [-0.4, -0.2) is 37.5 Å². The Morgan fingerprint density at radius 3 is 2.48 bits per heavy atom. The van der Waals surface area contributed by atoms with Crippen LogP contribution < -0.4 is 5.32 Å². The summed E-state index contributed by atoms with van der Waals surface area (Å²) < 4.78 is 25.7. The minimum Gasteiger partial charge on any atom is -0.392 e. The number of aliphatic hydroxyl groups excluding tert-OH is 1. The van der Waals surface area contributed by atoms with Gasteiger partial charge in [-0.1, -0.05) is 30.5 Å². The lowest BCUT2D eigenvalue weighted by Crippen LogP contribution is -2.48. The number of benzene rings is 1. The van der Waals surface area contributed by atoms with Gasteiger partial charge < -0.3 is 10.4 Å². The predicted molar refractivity (Wildman–Crippen MR) is 84.1 cm³/mol.